The predicted molar refractivity (Wildman–Crippen MR) is 91.8 cm³/mol. The lowest BCUT2D eigenvalue weighted by Gasteiger charge is -2.14. The van der Waals surface area contributed by atoms with Gasteiger partial charge in [-0.1, -0.05) is 42.0 Å². The van der Waals surface area contributed by atoms with Gasteiger partial charge in [-0.05, 0) is 30.2 Å². The second-order valence-corrected chi connectivity index (χ2v) is 5.48. The van der Waals surface area contributed by atoms with Crippen LogP contribution in [0.3, 0.4) is 0 Å². The molecule has 3 aromatic rings. The van der Waals surface area contributed by atoms with Crippen molar-refractivity contribution in [3.63, 3.8) is 0 Å². The molecule has 0 aliphatic rings. The third-order valence-corrected chi connectivity index (χ3v) is 3.85. The average Bonchev–Trinajstić information content (AvgIpc) is 2.59. The second-order valence-electron chi connectivity index (χ2n) is 5.48. The summed E-state index contributed by atoms with van der Waals surface area (Å²) in [5.74, 6) is 0.757. The first-order valence-corrected chi connectivity index (χ1v) is 7.37. The normalized spacial score (nSPS) is 10.7. The topological polar surface area (TPSA) is 55.4 Å². The van der Waals surface area contributed by atoms with E-state index in [1.165, 1.54) is 0 Å². The Hall–Kier alpha value is -2.88. The van der Waals surface area contributed by atoms with Gasteiger partial charge in [-0.3, -0.25) is 9.59 Å². The number of aryl methyl sites for hydroxylation is 1. The molecular formula is C19H17NO3. The van der Waals surface area contributed by atoms with Crippen LogP contribution in [0.2, 0.25) is 0 Å². The van der Waals surface area contributed by atoms with Crippen LogP contribution in [0.1, 0.15) is 11.1 Å². The molecule has 0 spiro atoms. The number of hydrogen-bond donors (Lipinski definition) is 1. The molecule has 23 heavy (non-hydrogen) atoms. The second kappa shape index (κ2) is 6.08. The lowest BCUT2D eigenvalue weighted by atomic mass is 9.97. The SMILES string of the molecule is COc1cccc(CNc2c(-c3ccc(C)cc3)c(=O)c2=O)c1. The van der Waals surface area contributed by atoms with E-state index in [9.17, 15) is 9.59 Å². The fourth-order valence-corrected chi connectivity index (χ4v) is 2.53. The Kier molecular flexibility index (Phi) is 3.98. The van der Waals surface area contributed by atoms with Crippen molar-refractivity contribution in [2.24, 2.45) is 0 Å². The molecule has 0 fully saturated rings. The molecule has 0 atom stereocenters. The number of rotatable bonds is 5. The minimum atomic E-state index is -0.455. The maximum atomic E-state index is 11.9. The largest absolute Gasteiger partial charge is 0.497 e. The Labute approximate surface area is 134 Å². The molecular weight excluding hydrogens is 290 g/mol. The molecule has 0 bridgehead atoms. The minimum absolute atomic E-state index is 0.390. The third kappa shape index (κ3) is 2.88. The van der Waals surface area contributed by atoms with E-state index < -0.39 is 10.9 Å². The summed E-state index contributed by atoms with van der Waals surface area (Å²) in [6, 6.07) is 15.2. The molecule has 0 aliphatic carbocycles. The van der Waals surface area contributed by atoms with Gasteiger partial charge in [0.15, 0.2) is 0 Å². The van der Waals surface area contributed by atoms with E-state index in [-0.39, 0.29) is 0 Å². The first kappa shape index (κ1) is 15.0. The summed E-state index contributed by atoms with van der Waals surface area (Å²) in [6.45, 7) is 2.44. The highest BCUT2D eigenvalue weighted by atomic mass is 16.5. The van der Waals surface area contributed by atoms with E-state index in [1.54, 1.807) is 7.11 Å². The molecule has 4 heteroatoms. The maximum Gasteiger partial charge on any atom is 0.250 e. The summed E-state index contributed by atoms with van der Waals surface area (Å²) in [7, 11) is 1.61. The van der Waals surface area contributed by atoms with Crippen molar-refractivity contribution in [2.75, 3.05) is 12.4 Å². The molecule has 0 saturated heterocycles. The summed E-state index contributed by atoms with van der Waals surface area (Å²) in [6.07, 6.45) is 0. The van der Waals surface area contributed by atoms with Crippen molar-refractivity contribution in [3.05, 3.63) is 80.1 Å². The molecule has 0 radical (unpaired) electrons. The predicted octanol–water partition coefficient (Wildman–Crippen LogP) is 2.88. The lowest BCUT2D eigenvalue weighted by Crippen LogP contribution is -2.36. The zero-order valence-electron chi connectivity index (χ0n) is 13.1. The minimum Gasteiger partial charge on any atom is -0.497 e. The van der Waals surface area contributed by atoms with Crippen molar-refractivity contribution in [1.29, 1.82) is 0 Å². The number of ether oxygens (including phenoxy) is 1. The van der Waals surface area contributed by atoms with E-state index in [0.29, 0.717) is 17.8 Å². The summed E-state index contributed by atoms with van der Waals surface area (Å²) in [4.78, 5) is 23.8. The number of benzene rings is 2. The van der Waals surface area contributed by atoms with Gasteiger partial charge in [0.1, 0.15) is 5.75 Å². The van der Waals surface area contributed by atoms with Crippen molar-refractivity contribution in [3.8, 4) is 16.9 Å². The Morgan fingerprint density at radius 3 is 2.43 bits per heavy atom. The van der Waals surface area contributed by atoms with Crippen LogP contribution in [-0.4, -0.2) is 7.11 Å². The molecule has 0 aliphatic heterocycles. The van der Waals surface area contributed by atoms with Gasteiger partial charge < -0.3 is 10.1 Å². The molecule has 0 saturated carbocycles. The molecule has 4 nitrogen and oxygen atoms in total. The van der Waals surface area contributed by atoms with Crippen molar-refractivity contribution in [1.82, 2.24) is 0 Å². The smallest absolute Gasteiger partial charge is 0.250 e. The van der Waals surface area contributed by atoms with Gasteiger partial charge in [0, 0.05) is 6.54 Å². The van der Waals surface area contributed by atoms with E-state index in [4.69, 9.17) is 4.74 Å². The third-order valence-electron chi connectivity index (χ3n) is 3.85. The van der Waals surface area contributed by atoms with Crippen LogP contribution >= 0.6 is 0 Å². The Balaban J connectivity index is 1.84. The van der Waals surface area contributed by atoms with Gasteiger partial charge in [-0.15, -0.1) is 0 Å². The number of nitrogens with one attached hydrogen (secondary N) is 1. The molecule has 116 valence electrons. The van der Waals surface area contributed by atoms with Crippen molar-refractivity contribution >= 4 is 5.69 Å². The zero-order chi connectivity index (χ0) is 16.4. The number of hydrogen-bond acceptors (Lipinski definition) is 4. The Bertz CT molecular complexity index is 903. The number of methoxy groups -OCH3 is 1. The average molecular weight is 307 g/mol. The lowest BCUT2D eigenvalue weighted by molar-refractivity contribution is 0.414. The van der Waals surface area contributed by atoms with Crippen LogP contribution in [0.5, 0.6) is 5.75 Å². The monoisotopic (exact) mass is 307 g/mol. The summed E-state index contributed by atoms with van der Waals surface area (Å²) in [5.41, 5.74) is 2.84. The Morgan fingerprint density at radius 2 is 1.74 bits per heavy atom. The Morgan fingerprint density at radius 1 is 1.00 bits per heavy atom. The summed E-state index contributed by atoms with van der Waals surface area (Å²) >= 11 is 0. The first-order valence-electron chi connectivity index (χ1n) is 7.37. The van der Waals surface area contributed by atoms with Crippen LogP contribution in [0, 0.1) is 6.92 Å². The molecule has 3 rings (SSSR count). The quantitative estimate of drug-likeness (QED) is 0.736. The van der Waals surface area contributed by atoms with E-state index >= 15 is 0 Å². The van der Waals surface area contributed by atoms with Crippen LogP contribution < -0.4 is 20.9 Å². The fourth-order valence-electron chi connectivity index (χ4n) is 2.53. The molecule has 1 N–H and O–H groups in total. The van der Waals surface area contributed by atoms with Crippen molar-refractivity contribution < 1.29 is 4.74 Å². The van der Waals surface area contributed by atoms with Gasteiger partial charge in [0.05, 0.1) is 18.4 Å². The molecule has 0 aromatic heterocycles. The van der Waals surface area contributed by atoms with E-state index in [1.807, 2.05) is 55.5 Å². The molecule has 0 heterocycles. The molecule has 0 amide bonds. The molecule has 0 unspecified atom stereocenters. The fraction of sp³-hybridized carbons (Fsp3) is 0.158. The summed E-state index contributed by atoms with van der Waals surface area (Å²) < 4.78 is 5.18. The van der Waals surface area contributed by atoms with Crippen LogP contribution in [-0.2, 0) is 6.54 Å². The van der Waals surface area contributed by atoms with Gasteiger partial charge in [0.25, 0.3) is 0 Å². The van der Waals surface area contributed by atoms with Gasteiger partial charge >= 0.3 is 0 Å². The number of anilines is 1. The highest BCUT2D eigenvalue weighted by Crippen LogP contribution is 2.24. The van der Waals surface area contributed by atoms with Crippen LogP contribution in [0.4, 0.5) is 5.69 Å². The van der Waals surface area contributed by atoms with Crippen LogP contribution in [0.15, 0.2) is 58.1 Å². The van der Waals surface area contributed by atoms with Gasteiger partial charge in [-0.2, -0.15) is 0 Å². The van der Waals surface area contributed by atoms with Crippen LogP contribution in [0.25, 0.3) is 11.1 Å². The first-order chi connectivity index (χ1) is 11.1. The van der Waals surface area contributed by atoms with E-state index in [2.05, 4.69) is 5.32 Å². The zero-order valence-corrected chi connectivity index (χ0v) is 13.1. The molecule has 3 aromatic carbocycles. The highest BCUT2D eigenvalue weighted by molar-refractivity contribution is 5.81. The maximum absolute atomic E-state index is 11.9. The van der Waals surface area contributed by atoms with Gasteiger partial charge in [-0.25, -0.2) is 0 Å². The summed E-state index contributed by atoms with van der Waals surface area (Å²) in [5, 5.41) is 3.08. The van der Waals surface area contributed by atoms with E-state index in [0.717, 1.165) is 22.4 Å². The van der Waals surface area contributed by atoms with Gasteiger partial charge in [0.2, 0.25) is 10.9 Å². The standard InChI is InChI=1S/C19H17NO3/c1-12-6-8-14(9-7-12)16-17(19(22)18(16)21)20-11-13-4-3-5-15(10-13)23-2/h3-10,20H,11H2,1-2H3. The van der Waals surface area contributed by atoms with Crippen molar-refractivity contribution in [2.45, 2.75) is 13.5 Å². The highest BCUT2D eigenvalue weighted by Gasteiger charge is 2.21.